The van der Waals surface area contributed by atoms with Gasteiger partial charge in [0.15, 0.2) is 0 Å². The third-order valence-corrected chi connectivity index (χ3v) is 4.57. The number of hydrogen-bond donors (Lipinski definition) is 1. The molecule has 0 unspecified atom stereocenters. The molecule has 5 heteroatoms. The molecule has 0 fully saturated rings. The second kappa shape index (κ2) is 6.11. The summed E-state index contributed by atoms with van der Waals surface area (Å²) in [4.78, 5) is 5.80. The molecule has 0 aliphatic heterocycles. The maximum Gasteiger partial charge on any atom is 0.125 e. The molecule has 19 heavy (non-hydrogen) atoms. The number of nitrogens with one attached hydrogen (secondary N) is 1. The lowest BCUT2D eigenvalue weighted by Crippen LogP contribution is -2.21. The van der Waals surface area contributed by atoms with Gasteiger partial charge in [0, 0.05) is 27.5 Å². The first-order valence-corrected chi connectivity index (χ1v) is 7.73. The fourth-order valence-electron chi connectivity index (χ4n) is 1.67. The number of thiazole rings is 1. The minimum absolute atomic E-state index is 0.245. The second-order valence-corrected chi connectivity index (χ2v) is 6.63. The van der Waals surface area contributed by atoms with Crippen LogP contribution < -0.4 is 5.32 Å². The molecule has 1 heterocycles. The zero-order chi connectivity index (χ0) is 14.0. The number of benzene rings is 1. The van der Waals surface area contributed by atoms with Crippen LogP contribution in [-0.2, 0) is 6.54 Å². The molecule has 2 rings (SSSR count). The van der Waals surface area contributed by atoms with Crippen molar-refractivity contribution < 1.29 is 4.39 Å². The van der Waals surface area contributed by atoms with Crippen molar-refractivity contribution in [2.45, 2.75) is 33.4 Å². The lowest BCUT2D eigenvalue weighted by Gasteiger charge is -2.05. The molecule has 1 aromatic heterocycles. The number of hydrogen-bond acceptors (Lipinski definition) is 3. The van der Waals surface area contributed by atoms with E-state index in [1.165, 1.54) is 17.0 Å². The average molecular weight is 343 g/mol. The van der Waals surface area contributed by atoms with E-state index in [0.29, 0.717) is 6.04 Å². The van der Waals surface area contributed by atoms with Crippen molar-refractivity contribution in [1.82, 2.24) is 10.3 Å². The Morgan fingerprint density at radius 2 is 2.16 bits per heavy atom. The normalized spacial score (nSPS) is 11.3. The summed E-state index contributed by atoms with van der Waals surface area (Å²) in [7, 11) is 0. The third kappa shape index (κ3) is 3.61. The Labute approximate surface area is 125 Å². The van der Waals surface area contributed by atoms with Gasteiger partial charge in [-0.25, -0.2) is 9.37 Å². The van der Waals surface area contributed by atoms with Crippen molar-refractivity contribution in [3.63, 3.8) is 0 Å². The van der Waals surface area contributed by atoms with Gasteiger partial charge < -0.3 is 5.32 Å². The Morgan fingerprint density at radius 1 is 1.42 bits per heavy atom. The third-order valence-electron chi connectivity index (χ3n) is 2.73. The summed E-state index contributed by atoms with van der Waals surface area (Å²) in [5.41, 5.74) is 1.97. The Balaban J connectivity index is 2.28. The monoisotopic (exact) mass is 342 g/mol. The van der Waals surface area contributed by atoms with E-state index >= 15 is 0 Å². The predicted octanol–water partition coefficient (Wildman–Crippen LogP) is 4.52. The summed E-state index contributed by atoms with van der Waals surface area (Å²) in [6.45, 7) is 7.07. The molecule has 1 N–H and O–H groups in total. The Kier molecular flexibility index (Phi) is 4.71. The van der Waals surface area contributed by atoms with E-state index in [-0.39, 0.29) is 5.82 Å². The predicted molar refractivity (Wildman–Crippen MR) is 81.9 cm³/mol. The summed E-state index contributed by atoms with van der Waals surface area (Å²) in [5, 5.41) is 4.31. The molecular weight excluding hydrogens is 327 g/mol. The maximum absolute atomic E-state index is 13.1. The summed E-state index contributed by atoms with van der Waals surface area (Å²) in [6.07, 6.45) is 0. The van der Waals surface area contributed by atoms with E-state index in [1.807, 2.05) is 6.92 Å². The zero-order valence-corrected chi connectivity index (χ0v) is 13.5. The molecule has 0 saturated carbocycles. The highest BCUT2D eigenvalue weighted by Gasteiger charge is 2.12. The summed E-state index contributed by atoms with van der Waals surface area (Å²) < 4.78 is 13.8. The van der Waals surface area contributed by atoms with Crippen LogP contribution in [0, 0.1) is 12.7 Å². The zero-order valence-electron chi connectivity index (χ0n) is 11.1. The lowest BCUT2D eigenvalue weighted by atomic mass is 10.2. The number of halogens is 2. The van der Waals surface area contributed by atoms with Crippen molar-refractivity contribution in [2.75, 3.05) is 0 Å². The summed E-state index contributed by atoms with van der Waals surface area (Å²) in [5.74, 6) is -0.245. The van der Waals surface area contributed by atoms with Crippen molar-refractivity contribution >= 4 is 27.3 Å². The van der Waals surface area contributed by atoms with Crippen LogP contribution in [0.4, 0.5) is 4.39 Å². The van der Waals surface area contributed by atoms with Crippen LogP contribution in [0.1, 0.15) is 24.4 Å². The van der Waals surface area contributed by atoms with Crippen LogP contribution in [0.15, 0.2) is 22.7 Å². The Morgan fingerprint density at radius 3 is 2.79 bits per heavy atom. The number of rotatable bonds is 4. The van der Waals surface area contributed by atoms with Crippen LogP contribution in [0.5, 0.6) is 0 Å². The van der Waals surface area contributed by atoms with Crippen LogP contribution in [0.25, 0.3) is 10.6 Å². The molecule has 0 saturated heterocycles. The fraction of sp³-hybridized carbons (Fsp3) is 0.357. The van der Waals surface area contributed by atoms with Gasteiger partial charge >= 0.3 is 0 Å². The van der Waals surface area contributed by atoms with Gasteiger partial charge in [-0.2, -0.15) is 0 Å². The molecule has 0 aliphatic carbocycles. The average Bonchev–Trinajstić information content (AvgIpc) is 2.67. The van der Waals surface area contributed by atoms with Gasteiger partial charge in [-0.05, 0) is 41.1 Å². The minimum atomic E-state index is -0.245. The highest BCUT2D eigenvalue weighted by atomic mass is 79.9. The second-order valence-electron chi connectivity index (χ2n) is 4.69. The molecule has 0 atom stereocenters. The first-order chi connectivity index (χ1) is 8.97. The van der Waals surface area contributed by atoms with E-state index in [1.54, 1.807) is 17.4 Å². The van der Waals surface area contributed by atoms with Crippen LogP contribution >= 0.6 is 27.3 Å². The van der Waals surface area contributed by atoms with Gasteiger partial charge in [-0.15, -0.1) is 11.3 Å². The summed E-state index contributed by atoms with van der Waals surface area (Å²) >= 11 is 5.04. The topological polar surface area (TPSA) is 24.9 Å². The lowest BCUT2D eigenvalue weighted by molar-refractivity contribution is 0.591. The maximum atomic E-state index is 13.1. The van der Waals surface area contributed by atoms with Gasteiger partial charge in [0.25, 0.3) is 0 Å². The van der Waals surface area contributed by atoms with Gasteiger partial charge in [-0.1, -0.05) is 13.8 Å². The smallest absolute Gasteiger partial charge is 0.125 e. The summed E-state index contributed by atoms with van der Waals surface area (Å²) in [6, 6.07) is 5.14. The van der Waals surface area contributed by atoms with Crippen molar-refractivity contribution in [1.29, 1.82) is 0 Å². The molecule has 0 bridgehead atoms. The van der Waals surface area contributed by atoms with E-state index in [2.05, 4.69) is 40.1 Å². The minimum Gasteiger partial charge on any atom is -0.310 e. The molecule has 0 amide bonds. The van der Waals surface area contributed by atoms with Crippen LogP contribution in [0.2, 0.25) is 0 Å². The molecule has 0 radical (unpaired) electrons. The van der Waals surface area contributed by atoms with Gasteiger partial charge in [0.2, 0.25) is 0 Å². The number of aromatic nitrogens is 1. The molecule has 102 valence electrons. The molecular formula is C14H16BrFN2S. The first kappa shape index (κ1) is 14.6. The van der Waals surface area contributed by atoms with E-state index in [0.717, 1.165) is 27.3 Å². The van der Waals surface area contributed by atoms with E-state index < -0.39 is 0 Å². The quantitative estimate of drug-likeness (QED) is 0.883. The number of aryl methyl sites for hydroxylation is 1. The highest BCUT2D eigenvalue weighted by Crippen LogP contribution is 2.33. The van der Waals surface area contributed by atoms with Crippen LogP contribution in [0.3, 0.4) is 0 Å². The van der Waals surface area contributed by atoms with E-state index in [9.17, 15) is 4.39 Å². The molecule has 2 nitrogen and oxygen atoms in total. The van der Waals surface area contributed by atoms with Gasteiger partial charge in [-0.3, -0.25) is 0 Å². The SMILES string of the molecule is Cc1nc(-c2ccc(F)cc2Br)sc1CNC(C)C. The largest absolute Gasteiger partial charge is 0.310 e. The Bertz CT molecular complexity index is 581. The van der Waals surface area contributed by atoms with Crippen molar-refractivity contribution in [3.8, 4) is 10.6 Å². The fourth-order valence-corrected chi connectivity index (χ4v) is 3.39. The standard InChI is InChI=1S/C14H16BrFN2S/c1-8(2)17-7-13-9(3)18-14(19-13)11-5-4-10(16)6-12(11)15/h4-6,8,17H,7H2,1-3H3. The van der Waals surface area contributed by atoms with Gasteiger partial charge in [0.1, 0.15) is 10.8 Å². The number of nitrogens with zero attached hydrogens (tertiary/aromatic N) is 1. The molecule has 0 aliphatic rings. The van der Waals surface area contributed by atoms with Crippen molar-refractivity contribution in [3.05, 3.63) is 39.1 Å². The molecule has 0 spiro atoms. The van der Waals surface area contributed by atoms with Crippen LogP contribution in [-0.4, -0.2) is 11.0 Å². The Hall–Kier alpha value is -0.780. The highest BCUT2D eigenvalue weighted by molar-refractivity contribution is 9.10. The molecule has 1 aromatic carbocycles. The van der Waals surface area contributed by atoms with Gasteiger partial charge in [0.05, 0.1) is 5.69 Å². The molecule has 2 aromatic rings. The van der Waals surface area contributed by atoms with E-state index in [4.69, 9.17) is 0 Å². The first-order valence-electron chi connectivity index (χ1n) is 6.12. The van der Waals surface area contributed by atoms with Crippen molar-refractivity contribution in [2.24, 2.45) is 0 Å².